The molecule has 1 aromatic heterocycles. The molecule has 1 N–H and O–H groups in total. The van der Waals surface area contributed by atoms with E-state index in [9.17, 15) is 13.2 Å². The molecule has 0 fully saturated rings. The van der Waals surface area contributed by atoms with E-state index in [-0.39, 0.29) is 18.9 Å². The van der Waals surface area contributed by atoms with Gasteiger partial charge < -0.3 is 9.47 Å². The Morgan fingerprint density at radius 2 is 2.00 bits per heavy atom. The maximum Gasteiger partial charge on any atom is 0.413 e. The number of ether oxygens (including phenoxy) is 2. The van der Waals surface area contributed by atoms with Crippen molar-refractivity contribution in [3.05, 3.63) is 22.3 Å². The quantitative estimate of drug-likeness (QED) is 0.601. The standard InChI is InChI=1S/C19H26BrN3O5S/c1-17(2,3)28-16(24)22-15-18(4,5)29(25,26)13-7-8-27-14-12(19(13,6)23-15)9-11(20)10-21-14/h9-10,13H,7-8H2,1-6H3,(H,22,23,24)/t13-,19+/m0/s1. The van der Waals surface area contributed by atoms with Gasteiger partial charge in [-0.2, -0.15) is 0 Å². The second kappa shape index (κ2) is 6.94. The van der Waals surface area contributed by atoms with Crippen LogP contribution in [0.3, 0.4) is 0 Å². The fourth-order valence-electron chi connectivity index (χ4n) is 3.65. The maximum atomic E-state index is 13.6. The van der Waals surface area contributed by atoms with Crippen molar-refractivity contribution in [2.75, 3.05) is 6.61 Å². The van der Waals surface area contributed by atoms with E-state index in [2.05, 4.69) is 26.2 Å². The molecular weight excluding hydrogens is 462 g/mol. The first-order chi connectivity index (χ1) is 13.2. The summed E-state index contributed by atoms with van der Waals surface area (Å²) in [5.41, 5.74) is -1.36. The minimum atomic E-state index is -3.76. The number of fused-ring (bicyclic) bond motifs is 3. The highest BCUT2D eigenvalue weighted by atomic mass is 79.9. The van der Waals surface area contributed by atoms with Gasteiger partial charge in [0.05, 0.1) is 11.9 Å². The zero-order valence-corrected chi connectivity index (χ0v) is 19.8. The maximum absolute atomic E-state index is 13.6. The number of sulfone groups is 1. The Balaban J connectivity index is 2.18. The number of carbonyl (C=O) groups excluding carboxylic acids is 1. The SMILES string of the molecule is CC(C)(C)OC(=O)NC1=N[C@]2(C)c3cc(Br)cnc3OCC[C@@H]2S(=O)(=O)C1(C)C. The largest absolute Gasteiger partial charge is 0.477 e. The van der Waals surface area contributed by atoms with Gasteiger partial charge in [0.2, 0.25) is 5.88 Å². The van der Waals surface area contributed by atoms with Crippen molar-refractivity contribution in [2.45, 2.75) is 69.1 Å². The topological polar surface area (TPSA) is 107 Å². The third-order valence-corrected chi connectivity index (χ3v) is 8.72. The average molecular weight is 488 g/mol. The second-order valence-electron chi connectivity index (χ2n) is 8.92. The molecule has 0 aromatic carbocycles. The Kier molecular flexibility index (Phi) is 5.27. The summed E-state index contributed by atoms with van der Waals surface area (Å²) >= 11 is 3.39. The predicted octanol–water partition coefficient (Wildman–Crippen LogP) is 3.34. The summed E-state index contributed by atoms with van der Waals surface area (Å²) < 4.78 is 37.6. The van der Waals surface area contributed by atoms with Crippen molar-refractivity contribution in [2.24, 2.45) is 4.99 Å². The van der Waals surface area contributed by atoms with Crippen LogP contribution in [0.4, 0.5) is 4.79 Å². The van der Waals surface area contributed by atoms with Crippen molar-refractivity contribution in [3.63, 3.8) is 0 Å². The summed E-state index contributed by atoms with van der Waals surface area (Å²) in [6, 6.07) is 1.77. The summed E-state index contributed by atoms with van der Waals surface area (Å²) in [6.07, 6.45) is 1.10. The normalized spacial score (nSPS) is 27.4. The van der Waals surface area contributed by atoms with Crippen LogP contribution in [0.2, 0.25) is 0 Å². The molecule has 8 nitrogen and oxygen atoms in total. The number of amides is 1. The number of aromatic nitrogens is 1. The molecule has 2 aliphatic rings. The molecule has 0 unspecified atom stereocenters. The average Bonchev–Trinajstić information content (AvgIpc) is 2.69. The summed E-state index contributed by atoms with van der Waals surface area (Å²) in [5, 5.41) is 1.75. The number of nitrogens with one attached hydrogen (secondary N) is 1. The number of carbonyl (C=O) groups is 1. The van der Waals surface area contributed by atoms with Gasteiger partial charge in [0.25, 0.3) is 0 Å². The Morgan fingerprint density at radius 3 is 2.62 bits per heavy atom. The molecule has 1 amide bonds. The molecule has 0 radical (unpaired) electrons. The van der Waals surface area contributed by atoms with E-state index >= 15 is 0 Å². The number of rotatable bonds is 0. The van der Waals surface area contributed by atoms with Gasteiger partial charge in [0.15, 0.2) is 9.84 Å². The highest BCUT2D eigenvalue weighted by molar-refractivity contribution is 9.10. The Bertz CT molecular complexity index is 984. The van der Waals surface area contributed by atoms with Crippen LogP contribution in [-0.4, -0.2) is 47.5 Å². The van der Waals surface area contributed by atoms with Gasteiger partial charge in [0.1, 0.15) is 21.7 Å². The van der Waals surface area contributed by atoms with E-state index in [0.717, 1.165) is 0 Å². The summed E-state index contributed by atoms with van der Waals surface area (Å²) in [7, 11) is -3.76. The molecule has 0 aliphatic carbocycles. The van der Waals surface area contributed by atoms with E-state index in [0.29, 0.717) is 15.9 Å². The van der Waals surface area contributed by atoms with Gasteiger partial charge in [-0.1, -0.05) is 0 Å². The van der Waals surface area contributed by atoms with Crippen molar-refractivity contribution in [1.82, 2.24) is 10.3 Å². The number of halogens is 1. The molecule has 29 heavy (non-hydrogen) atoms. The van der Waals surface area contributed by atoms with Crippen LogP contribution in [-0.2, 0) is 20.1 Å². The Hall–Kier alpha value is -1.68. The van der Waals surface area contributed by atoms with Gasteiger partial charge >= 0.3 is 6.09 Å². The molecule has 3 heterocycles. The highest BCUT2D eigenvalue weighted by Gasteiger charge is 2.58. The zero-order chi connectivity index (χ0) is 21.8. The van der Waals surface area contributed by atoms with Gasteiger partial charge in [-0.05, 0) is 63.5 Å². The molecular formula is C19H26BrN3O5S. The predicted molar refractivity (Wildman–Crippen MR) is 113 cm³/mol. The molecule has 2 atom stereocenters. The molecule has 2 aliphatic heterocycles. The fraction of sp³-hybridized carbons (Fsp3) is 0.632. The lowest BCUT2D eigenvalue weighted by Crippen LogP contribution is -2.61. The highest BCUT2D eigenvalue weighted by Crippen LogP contribution is 2.48. The van der Waals surface area contributed by atoms with Gasteiger partial charge in [-0.15, -0.1) is 0 Å². The summed E-state index contributed by atoms with van der Waals surface area (Å²) in [4.78, 5) is 21.5. The lowest BCUT2D eigenvalue weighted by Gasteiger charge is -2.44. The third kappa shape index (κ3) is 3.76. The molecule has 3 rings (SSSR count). The number of aliphatic imine (C=N–C) groups is 1. The van der Waals surface area contributed by atoms with Crippen molar-refractivity contribution in [3.8, 4) is 5.88 Å². The molecule has 0 spiro atoms. The van der Waals surface area contributed by atoms with E-state index in [1.54, 1.807) is 53.8 Å². The molecule has 1 aromatic rings. The number of hydrogen-bond acceptors (Lipinski definition) is 7. The van der Waals surface area contributed by atoms with E-state index < -0.39 is 37.1 Å². The van der Waals surface area contributed by atoms with Gasteiger partial charge in [-0.3, -0.25) is 10.3 Å². The van der Waals surface area contributed by atoms with Crippen LogP contribution in [0.25, 0.3) is 0 Å². The number of alkyl carbamates (subject to hydrolysis) is 1. The van der Waals surface area contributed by atoms with E-state index in [4.69, 9.17) is 14.5 Å². The van der Waals surface area contributed by atoms with Gasteiger partial charge in [0, 0.05) is 22.7 Å². The van der Waals surface area contributed by atoms with Crippen LogP contribution in [0.15, 0.2) is 21.7 Å². The lowest BCUT2D eigenvalue weighted by atomic mass is 9.87. The van der Waals surface area contributed by atoms with E-state index in [1.165, 1.54) is 0 Å². The van der Waals surface area contributed by atoms with Crippen LogP contribution < -0.4 is 10.1 Å². The van der Waals surface area contributed by atoms with Crippen molar-refractivity contribution >= 4 is 37.7 Å². The monoisotopic (exact) mass is 487 g/mol. The number of nitrogens with zero attached hydrogens (tertiary/aromatic N) is 2. The molecule has 160 valence electrons. The minimum absolute atomic E-state index is 0.0401. The van der Waals surface area contributed by atoms with Crippen LogP contribution in [0.5, 0.6) is 5.88 Å². The van der Waals surface area contributed by atoms with Crippen LogP contribution >= 0.6 is 15.9 Å². The first kappa shape index (κ1) is 22.0. The smallest absolute Gasteiger partial charge is 0.413 e. The van der Waals surface area contributed by atoms with Crippen molar-refractivity contribution < 1.29 is 22.7 Å². The van der Waals surface area contributed by atoms with Crippen LogP contribution in [0.1, 0.15) is 53.5 Å². The summed E-state index contributed by atoms with van der Waals surface area (Å²) in [6.45, 7) is 10.2. The van der Waals surface area contributed by atoms with E-state index in [1.807, 2.05) is 0 Å². The first-order valence-corrected chi connectivity index (χ1v) is 11.6. The molecule has 10 heteroatoms. The number of hydrogen-bond donors (Lipinski definition) is 1. The number of amidine groups is 1. The summed E-state index contributed by atoms with van der Waals surface area (Å²) in [5.74, 6) is 0.381. The molecule has 0 saturated carbocycles. The fourth-order valence-corrected chi connectivity index (χ4v) is 6.25. The minimum Gasteiger partial charge on any atom is -0.477 e. The molecule has 0 bridgehead atoms. The van der Waals surface area contributed by atoms with Crippen LogP contribution in [0, 0.1) is 0 Å². The Labute approximate surface area is 179 Å². The zero-order valence-electron chi connectivity index (χ0n) is 17.4. The Morgan fingerprint density at radius 1 is 1.34 bits per heavy atom. The third-order valence-electron chi connectivity index (χ3n) is 5.23. The first-order valence-electron chi connectivity index (χ1n) is 9.31. The lowest BCUT2D eigenvalue weighted by molar-refractivity contribution is 0.0560. The molecule has 0 saturated heterocycles. The van der Waals surface area contributed by atoms with Crippen molar-refractivity contribution in [1.29, 1.82) is 0 Å². The number of pyridine rings is 1. The van der Waals surface area contributed by atoms with Gasteiger partial charge in [-0.25, -0.2) is 18.2 Å². The second-order valence-corrected chi connectivity index (χ2v) is 12.5.